The number of amides is 1. The van der Waals surface area contributed by atoms with E-state index >= 15 is 0 Å². The molecule has 0 unspecified atom stereocenters. The van der Waals surface area contributed by atoms with E-state index < -0.39 is 5.97 Å². The maximum absolute atomic E-state index is 11.7. The average molecular weight is 252 g/mol. The largest absolute Gasteiger partial charge is 0.495 e. The SMILES string of the molecule is CCNC(=O)COC(=O)c1cccc(OC)c1N. The predicted octanol–water partition coefficient (Wildman–Crippen LogP) is 0.570. The number of nitrogen functional groups attached to an aromatic ring is 1. The van der Waals surface area contributed by atoms with E-state index in [0.717, 1.165) is 0 Å². The van der Waals surface area contributed by atoms with Crippen LogP contribution in [0.1, 0.15) is 17.3 Å². The Hall–Kier alpha value is -2.24. The van der Waals surface area contributed by atoms with Gasteiger partial charge in [-0.2, -0.15) is 0 Å². The molecular formula is C12H16N2O4. The summed E-state index contributed by atoms with van der Waals surface area (Å²) in [6, 6.07) is 4.77. The first-order chi connectivity index (χ1) is 8.60. The Morgan fingerprint density at radius 1 is 1.39 bits per heavy atom. The van der Waals surface area contributed by atoms with Gasteiger partial charge in [-0.25, -0.2) is 4.79 Å². The summed E-state index contributed by atoms with van der Waals surface area (Å²) < 4.78 is 9.82. The molecule has 0 saturated carbocycles. The van der Waals surface area contributed by atoms with E-state index in [1.54, 1.807) is 19.1 Å². The maximum atomic E-state index is 11.7. The van der Waals surface area contributed by atoms with Gasteiger partial charge in [-0.3, -0.25) is 4.79 Å². The summed E-state index contributed by atoms with van der Waals surface area (Å²) in [6.45, 7) is 1.93. The van der Waals surface area contributed by atoms with E-state index in [2.05, 4.69) is 5.32 Å². The Kier molecular flexibility index (Phi) is 4.98. The monoisotopic (exact) mass is 252 g/mol. The fourth-order valence-electron chi connectivity index (χ4n) is 1.36. The zero-order valence-electron chi connectivity index (χ0n) is 10.4. The standard InChI is InChI=1S/C12H16N2O4/c1-3-14-10(15)7-18-12(16)8-5-4-6-9(17-2)11(8)13/h4-6H,3,7,13H2,1-2H3,(H,14,15). The molecule has 0 atom stereocenters. The van der Waals surface area contributed by atoms with Crippen LogP contribution in [0.5, 0.6) is 5.75 Å². The van der Waals surface area contributed by atoms with E-state index in [4.69, 9.17) is 15.2 Å². The molecular weight excluding hydrogens is 236 g/mol. The molecule has 6 nitrogen and oxygen atoms in total. The van der Waals surface area contributed by atoms with E-state index in [0.29, 0.717) is 12.3 Å². The van der Waals surface area contributed by atoms with Crippen LogP contribution in [0.4, 0.5) is 5.69 Å². The number of ether oxygens (including phenoxy) is 2. The molecule has 3 N–H and O–H groups in total. The number of hydrogen-bond acceptors (Lipinski definition) is 5. The molecule has 0 aliphatic carbocycles. The van der Waals surface area contributed by atoms with Crippen molar-refractivity contribution in [2.24, 2.45) is 0 Å². The summed E-state index contributed by atoms with van der Waals surface area (Å²) in [5.74, 6) is -0.618. The summed E-state index contributed by atoms with van der Waals surface area (Å²) in [4.78, 5) is 22.8. The van der Waals surface area contributed by atoms with Crippen LogP contribution in [0.3, 0.4) is 0 Å². The molecule has 0 radical (unpaired) electrons. The Bertz CT molecular complexity index is 446. The van der Waals surface area contributed by atoms with Crippen molar-refractivity contribution < 1.29 is 19.1 Å². The Balaban J connectivity index is 2.70. The van der Waals surface area contributed by atoms with Gasteiger partial charge in [-0.05, 0) is 19.1 Å². The molecule has 1 aromatic carbocycles. The molecule has 0 aromatic heterocycles. The molecule has 0 spiro atoms. The highest BCUT2D eigenvalue weighted by molar-refractivity contribution is 5.97. The van der Waals surface area contributed by atoms with E-state index in [-0.39, 0.29) is 23.8 Å². The molecule has 18 heavy (non-hydrogen) atoms. The fraction of sp³-hybridized carbons (Fsp3) is 0.333. The van der Waals surface area contributed by atoms with Crippen molar-refractivity contribution in [1.29, 1.82) is 0 Å². The Labute approximate surface area is 105 Å². The number of para-hydroxylation sites is 1. The lowest BCUT2D eigenvalue weighted by atomic mass is 10.1. The number of carbonyl (C=O) groups excluding carboxylic acids is 2. The van der Waals surface area contributed by atoms with Crippen LogP contribution >= 0.6 is 0 Å². The van der Waals surface area contributed by atoms with Gasteiger partial charge in [0.05, 0.1) is 18.4 Å². The highest BCUT2D eigenvalue weighted by Gasteiger charge is 2.15. The minimum atomic E-state index is -0.655. The summed E-state index contributed by atoms with van der Waals surface area (Å²) in [5, 5.41) is 2.52. The first-order valence-electron chi connectivity index (χ1n) is 5.46. The molecule has 98 valence electrons. The molecule has 0 bridgehead atoms. The van der Waals surface area contributed by atoms with Gasteiger partial charge < -0.3 is 20.5 Å². The number of likely N-dealkylation sites (N-methyl/N-ethyl adjacent to an activating group) is 1. The summed E-state index contributed by atoms with van der Waals surface area (Å²) in [5.41, 5.74) is 6.11. The predicted molar refractivity (Wildman–Crippen MR) is 66.4 cm³/mol. The molecule has 0 saturated heterocycles. The van der Waals surface area contributed by atoms with Gasteiger partial charge >= 0.3 is 5.97 Å². The number of nitrogens with one attached hydrogen (secondary N) is 1. The van der Waals surface area contributed by atoms with E-state index in [1.807, 2.05) is 0 Å². The van der Waals surface area contributed by atoms with E-state index in [1.165, 1.54) is 13.2 Å². The van der Waals surface area contributed by atoms with Gasteiger partial charge in [-0.15, -0.1) is 0 Å². The van der Waals surface area contributed by atoms with Gasteiger partial charge in [0.1, 0.15) is 5.75 Å². The fourth-order valence-corrected chi connectivity index (χ4v) is 1.36. The van der Waals surface area contributed by atoms with Crippen molar-refractivity contribution in [3.8, 4) is 5.75 Å². The quantitative estimate of drug-likeness (QED) is 0.590. The van der Waals surface area contributed by atoms with Gasteiger partial charge in [-0.1, -0.05) is 6.07 Å². The topological polar surface area (TPSA) is 90.6 Å². The minimum Gasteiger partial charge on any atom is -0.495 e. The maximum Gasteiger partial charge on any atom is 0.340 e. The van der Waals surface area contributed by atoms with Crippen LogP contribution in [0, 0.1) is 0 Å². The number of rotatable bonds is 5. The molecule has 1 aromatic rings. The number of nitrogens with two attached hydrogens (primary N) is 1. The summed E-state index contributed by atoms with van der Waals surface area (Å²) >= 11 is 0. The Morgan fingerprint density at radius 3 is 2.72 bits per heavy atom. The van der Waals surface area contributed by atoms with Gasteiger partial charge in [0.25, 0.3) is 5.91 Å². The molecule has 0 heterocycles. The van der Waals surface area contributed by atoms with Crippen LogP contribution in [0.15, 0.2) is 18.2 Å². The van der Waals surface area contributed by atoms with Crippen molar-refractivity contribution in [3.63, 3.8) is 0 Å². The molecule has 0 aliphatic rings. The number of hydrogen-bond donors (Lipinski definition) is 2. The molecule has 0 fully saturated rings. The van der Waals surface area contributed by atoms with Crippen molar-refractivity contribution in [3.05, 3.63) is 23.8 Å². The van der Waals surface area contributed by atoms with Crippen molar-refractivity contribution in [1.82, 2.24) is 5.32 Å². The van der Waals surface area contributed by atoms with Gasteiger partial charge in [0.15, 0.2) is 6.61 Å². The van der Waals surface area contributed by atoms with Crippen LogP contribution in [-0.4, -0.2) is 32.1 Å². The second-order valence-corrected chi connectivity index (χ2v) is 3.45. The number of anilines is 1. The van der Waals surface area contributed by atoms with Crippen molar-refractivity contribution in [2.45, 2.75) is 6.92 Å². The van der Waals surface area contributed by atoms with Gasteiger partial charge in [0.2, 0.25) is 0 Å². The number of esters is 1. The molecule has 0 aliphatic heterocycles. The lowest BCUT2D eigenvalue weighted by Gasteiger charge is -2.09. The number of benzene rings is 1. The second kappa shape index (κ2) is 6.48. The first kappa shape index (κ1) is 13.8. The molecule has 6 heteroatoms. The average Bonchev–Trinajstić information content (AvgIpc) is 2.36. The van der Waals surface area contributed by atoms with Crippen LogP contribution in [0.2, 0.25) is 0 Å². The van der Waals surface area contributed by atoms with Crippen LogP contribution < -0.4 is 15.8 Å². The zero-order valence-corrected chi connectivity index (χ0v) is 10.4. The third kappa shape index (κ3) is 3.38. The lowest BCUT2D eigenvalue weighted by Crippen LogP contribution is -2.28. The second-order valence-electron chi connectivity index (χ2n) is 3.45. The lowest BCUT2D eigenvalue weighted by molar-refractivity contribution is -0.124. The van der Waals surface area contributed by atoms with Crippen LogP contribution in [-0.2, 0) is 9.53 Å². The summed E-state index contributed by atoms with van der Waals surface area (Å²) in [6.07, 6.45) is 0. The third-order valence-corrected chi connectivity index (χ3v) is 2.21. The zero-order chi connectivity index (χ0) is 13.5. The van der Waals surface area contributed by atoms with Crippen molar-refractivity contribution in [2.75, 3.05) is 26.0 Å². The first-order valence-corrected chi connectivity index (χ1v) is 5.46. The summed E-state index contributed by atoms with van der Waals surface area (Å²) in [7, 11) is 1.45. The molecule has 1 rings (SSSR count). The normalized spacial score (nSPS) is 9.67. The smallest absolute Gasteiger partial charge is 0.340 e. The minimum absolute atomic E-state index is 0.179. The number of methoxy groups -OCH3 is 1. The highest BCUT2D eigenvalue weighted by Crippen LogP contribution is 2.25. The van der Waals surface area contributed by atoms with Gasteiger partial charge in [0, 0.05) is 6.54 Å². The Morgan fingerprint density at radius 2 is 2.11 bits per heavy atom. The van der Waals surface area contributed by atoms with E-state index in [9.17, 15) is 9.59 Å². The van der Waals surface area contributed by atoms with Crippen molar-refractivity contribution >= 4 is 17.6 Å². The molecule has 1 amide bonds. The third-order valence-electron chi connectivity index (χ3n) is 2.21. The van der Waals surface area contributed by atoms with Crippen LogP contribution in [0.25, 0.3) is 0 Å². The highest BCUT2D eigenvalue weighted by atomic mass is 16.5. The number of carbonyl (C=O) groups is 2.